The van der Waals surface area contributed by atoms with Gasteiger partial charge in [-0.15, -0.1) is 0 Å². The van der Waals surface area contributed by atoms with E-state index in [4.69, 9.17) is 16.7 Å². The molecule has 37 heavy (non-hydrogen) atoms. The van der Waals surface area contributed by atoms with Crippen molar-refractivity contribution < 1.29 is 31.9 Å². The molecule has 3 amide bonds. The van der Waals surface area contributed by atoms with Gasteiger partial charge in [-0.05, 0) is 42.5 Å². The number of β-amino-alcohol motifs (C(OH)–C–C–N with tert-alkyl or cyclic N) is 1. The highest BCUT2D eigenvalue weighted by molar-refractivity contribution is 7.89. The van der Waals surface area contributed by atoms with Crippen molar-refractivity contribution in [2.75, 3.05) is 17.2 Å². The fourth-order valence-corrected chi connectivity index (χ4v) is 4.94. The number of nitrogens with two attached hydrogens (primary N) is 1. The van der Waals surface area contributed by atoms with Crippen molar-refractivity contribution in [3.05, 3.63) is 77.3 Å². The number of primary sulfonamides is 1. The maximum Gasteiger partial charge on any atom is 0.322 e. The Labute approximate surface area is 215 Å². The predicted octanol–water partition coefficient (Wildman–Crippen LogP) is 3.54. The van der Waals surface area contributed by atoms with Crippen LogP contribution in [0, 0.1) is 11.6 Å². The lowest BCUT2D eigenvalue weighted by molar-refractivity contribution is -0.119. The molecule has 0 aromatic heterocycles. The zero-order chi connectivity index (χ0) is 26.9. The molecule has 9 nitrogen and oxygen atoms in total. The van der Waals surface area contributed by atoms with E-state index in [0.717, 1.165) is 23.1 Å². The fraction of sp³-hybridized carbons (Fsp3) is 0.167. The smallest absolute Gasteiger partial charge is 0.322 e. The third-order valence-electron chi connectivity index (χ3n) is 5.71. The van der Waals surface area contributed by atoms with E-state index in [1.807, 2.05) is 0 Å². The molecule has 1 fully saturated rings. The number of anilines is 2. The normalized spacial score (nSPS) is 17.5. The van der Waals surface area contributed by atoms with Crippen molar-refractivity contribution in [3.63, 3.8) is 0 Å². The maximum atomic E-state index is 15.0. The Morgan fingerprint density at radius 1 is 1.00 bits per heavy atom. The van der Waals surface area contributed by atoms with Gasteiger partial charge in [0.2, 0.25) is 15.9 Å². The Kier molecular flexibility index (Phi) is 7.46. The number of nitrogens with zero attached hydrogens (tertiary/aromatic N) is 1. The summed E-state index contributed by atoms with van der Waals surface area (Å²) in [7, 11) is -4.28. The third kappa shape index (κ3) is 5.88. The molecule has 13 heteroatoms. The van der Waals surface area contributed by atoms with Gasteiger partial charge in [-0.1, -0.05) is 29.8 Å². The summed E-state index contributed by atoms with van der Waals surface area (Å²) in [5, 5.41) is 20.7. The summed E-state index contributed by atoms with van der Waals surface area (Å²) >= 11 is 5.84. The van der Waals surface area contributed by atoms with Crippen molar-refractivity contribution in [2.24, 2.45) is 5.14 Å². The topological polar surface area (TPSA) is 142 Å². The third-order valence-corrected chi connectivity index (χ3v) is 6.93. The molecule has 1 aliphatic rings. The van der Waals surface area contributed by atoms with E-state index in [0.29, 0.717) is 10.7 Å². The molecule has 0 spiro atoms. The number of amides is 3. The molecule has 1 aliphatic heterocycles. The van der Waals surface area contributed by atoms with E-state index in [1.54, 1.807) is 24.3 Å². The molecule has 1 heterocycles. The standard InChI is InChI=1S/C24H21ClF2N4O5S/c25-13-5-7-14(8-6-13)30-24(34)31-12-16(32)11-20(31)23(33)29-15-9-18(26)22(19(27)10-15)17-3-1-2-4-21(17)37(28,35)36/h1-10,16,20,32H,11-12H2,(H,29,33)(H,30,34)(H2,28,35,36). The van der Waals surface area contributed by atoms with Gasteiger partial charge in [-0.3, -0.25) is 4.79 Å². The lowest BCUT2D eigenvalue weighted by Gasteiger charge is -2.24. The molecule has 0 aliphatic carbocycles. The van der Waals surface area contributed by atoms with Gasteiger partial charge in [0.1, 0.15) is 17.7 Å². The Bertz CT molecular complexity index is 1450. The molecule has 2 unspecified atom stereocenters. The van der Waals surface area contributed by atoms with Crippen LogP contribution in [0.4, 0.5) is 25.0 Å². The molecule has 0 radical (unpaired) electrons. The number of carbonyl (C=O) groups is 2. The number of rotatable bonds is 5. The molecule has 5 N–H and O–H groups in total. The Morgan fingerprint density at radius 3 is 2.24 bits per heavy atom. The first-order valence-corrected chi connectivity index (χ1v) is 12.8. The largest absolute Gasteiger partial charge is 0.391 e. The molecule has 4 rings (SSSR count). The molecular formula is C24H21ClF2N4O5S. The Balaban J connectivity index is 1.55. The van der Waals surface area contributed by atoms with Crippen LogP contribution in [-0.2, 0) is 14.8 Å². The summed E-state index contributed by atoms with van der Waals surface area (Å²) in [6.45, 7) is -0.135. The van der Waals surface area contributed by atoms with E-state index in [9.17, 15) is 31.9 Å². The number of hydrogen-bond acceptors (Lipinski definition) is 5. The highest BCUT2D eigenvalue weighted by Crippen LogP contribution is 2.33. The first-order valence-electron chi connectivity index (χ1n) is 10.9. The fourth-order valence-electron chi connectivity index (χ4n) is 4.06. The lowest BCUT2D eigenvalue weighted by Crippen LogP contribution is -2.45. The number of benzene rings is 3. The Hall–Kier alpha value is -3.58. The summed E-state index contributed by atoms with van der Waals surface area (Å²) in [4.78, 5) is 26.3. The Morgan fingerprint density at radius 2 is 1.62 bits per heavy atom. The van der Waals surface area contributed by atoms with Gasteiger partial charge in [-0.25, -0.2) is 27.1 Å². The second-order valence-corrected chi connectivity index (χ2v) is 10.3. The van der Waals surface area contributed by atoms with Gasteiger partial charge < -0.3 is 20.6 Å². The maximum absolute atomic E-state index is 15.0. The number of likely N-dealkylation sites (tertiary alicyclic amines) is 1. The molecule has 194 valence electrons. The number of nitrogens with one attached hydrogen (secondary N) is 2. The van der Waals surface area contributed by atoms with Crippen LogP contribution in [-0.4, -0.2) is 49.1 Å². The van der Waals surface area contributed by atoms with Crippen LogP contribution in [0.25, 0.3) is 11.1 Å². The molecule has 2 atom stereocenters. The van der Waals surface area contributed by atoms with Crippen LogP contribution in [0.15, 0.2) is 65.6 Å². The zero-order valence-electron chi connectivity index (χ0n) is 19.0. The van der Waals surface area contributed by atoms with Crippen LogP contribution < -0.4 is 15.8 Å². The summed E-state index contributed by atoms with van der Waals surface area (Å²) in [6.07, 6.45) is -1.08. The van der Waals surface area contributed by atoms with Gasteiger partial charge in [0.15, 0.2) is 0 Å². The quantitative estimate of drug-likeness (QED) is 0.384. The second-order valence-electron chi connectivity index (χ2n) is 8.34. The lowest BCUT2D eigenvalue weighted by atomic mass is 10.0. The highest BCUT2D eigenvalue weighted by Gasteiger charge is 2.39. The number of hydrogen-bond donors (Lipinski definition) is 4. The average molecular weight is 551 g/mol. The summed E-state index contributed by atoms with van der Waals surface area (Å²) in [5.74, 6) is -3.07. The van der Waals surface area contributed by atoms with Crippen LogP contribution >= 0.6 is 11.6 Å². The first kappa shape index (κ1) is 26.5. The minimum absolute atomic E-state index is 0.0926. The average Bonchev–Trinajstić information content (AvgIpc) is 3.22. The van der Waals surface area contributed by atoms with Gasteiger partial charge in [-0.2, -0.15) is 0 Å². The van der Waals surface area contributed by atoms with E-state index in [-0.39, 0.29) is 24.2 Å². The number of urea groups is 1. The van der Waals surface area contributed by atoms with E-state index in [1.165, 1.54) is 18.2 Å². The second kappa shape index (κ2) is 10.4. The van der Waals surface area contributed by atoms with E-state index < -0.39 is 56.2 Å². The summed E-state index contributed by atoms with van der Waals surface area (Å²) < 4.78 is 53.7. The summed E-state index contributed by atoms with van der Waals surface area (Å²) in [5.41, 5.74) is -0.768. The summed E-state index contributed by atoms with van der Waals surface area (Å²) in [6, 6.07) is 11.2. The SMILES string of the molecule is NS(=O)(=O)c1ccccc1-c1c(F)cc(NC(=O)C2CC(O)CN2C(=O)Nc2ccc(Cl)cc2)cc1F. The van der Waals surface area contributed by atoms with Crippen LogP contribution in [0.5, 0.6) is 0 Å². The van der Waals surface area contributed by atoms with Crippen molar-refractivity contribution in [2.45, 2.75) is 23.5 Å². The van der Waals surface area contributed by atoms with Crippen molar-refractivity contribution in [1.82, 2.24) is 4.90 Å². The van der Waals surface area contributed by atoms with Gasteiger partial charge >= 0.3 is 6.03 Å². The van der Waals surface area contributed by atoms with E-state index in [2.05, 4.69) is 10.6 Å². The van der Waals surface area contributed by atoms with Gasteiger partial charge in [0.05, 0.1) is 16.6 Å². The number of aliphatic hydroxyl groups excluding tert-OH is 1. The number of sulfonamides is 1. The van der Waals surface area contributed by atoms with Crippen LogP contribution in [0.1, 0.15) is 6.42 Å². The van der Waals surface area contributed by atoms with E-state index >= 15 is 0 Å². The molecule has 1 saturated heterocycles. The van der Waals surface area contributed by atoms with Crippen molar-refractivity contribution in [1.29, 1.82) is 0 Å². The monoisotopic (exact) mass is 550 g/mol. The van der Waals surface area contributed by atoms with Crippen molar-refractivity contribution >= 4 is 44.9 Å². The number of halogens is 3. The predicted molar refractivity (Wildman–Crippen MR) is 133 cm³/mol. The van der Waals surface area contributed by atoms with Crippen LogP contribution in [0.2, 0.25) is 5.02 Å². The zero-order valence-corrected chi connectivity index (χ0v) is 20.6. The molecule has 3 aromatic carbocycles. The van der Waals surface area contributed by atoms with Gasteiger partial charge in [0, 0.05) is 34.9 Å². The minimum Gasteiger partial charge on any atom is -0.391 e. The molecular weight excluding hydrogens is 530 g/mol. The molecule has 0 bridgehead atoms. The molecule has 3 aromatic rings. The number of carbonyl (C=O) groups excluding carboxylic acids is 2. The van der Waals surface area contributed by atoms with Gasteiger partial charge in [0.25, 0.3) is 0 Å². The highest BCUT2D eigenvalue weighted by atomic mass is 35.5. The number of aliphatic hydroxyl groups is 1. The first-order chi connectivity index (χ1) is 17.4. The van der Waals surface area contributed by atoms with Crippen molar-refractivity contribution in [3.8, 4) is 11.1 Å². The molecule has 0 saturated carbocycles. The van der Waals surface area contributed by atoms with Crippen LogP contribution in [0.3, 0.4) is 0 Å². The minimum atomic E-state index is -4.28.